The molecule has 2 rings (SSSR count). The first-order valence-electron chi connectivity index (χ1n) is 14.1. The van der Waals surface area contributed by atoms with Crippen LogP contribution in [0.2, 0.25) is 0 Å². The van der Waals surface area contributed by atoms with Crippen LogP contribution >= 0.6 is 0 Å². The highest BCUT2D eigenvalue weighted by Crippen LogP contribution is 2.07. The summed E-state index contributed by atoms with van der Waals surface area (Å²) in [5.41, 5.74) is 0. The van der Waals surface area contributed by atoms with Crippen LogP contribution in [0.25, 0.3) is 0 Å². The van der Waals surface area contributed by atoms with Crippen molar-refractivity contribution in [1.29, 1.82) is 0 Å². The molecule has 2 aliphatic rings. The van der Waals surface area contributed by atoms with Crippen LogP contribution in [-0.4, -0.2) is 144 Å². The molecule has 0 aromatic heterocycles. The molecule has 0 bridgehead atoms. The quantitative estimate of drug-likeness (QED) is 0.152. The standard InChI is InChI=1S/C26H52N2O9/c1-5-27-6-2-25(1)36-23-21-34-19-17-32-15-13-30-11-9-29-10-12-31-14-16-33-18-20-35-22-24-37-26-3-7-28-8-4-26/h25-28H,1-24H2. The third-order valence-corrected chi connectivity index (χ3v) is 5.97. The van der Waals surface area contributed by atoms with Gasteiger partial charge in [0, 0.05) is 0 Å². The van der Waals surface area contributed by atoms with E-state index in [0.717, 1.165) is 51.9 Å². The fraction of sp³-hybridized carbons (Fsp3) is 1.00. The zero-order valence-corrected chi connectivity index (χ0v) is 22.8. The van der Waals surface area contributed by atoms with E-state index in [1.807, 2.05) is 0 Å². The molecule has 11 nitrogen and oxygen atoms in total. The Labute approximate surface area is 223 Å². The van der Waals surface area contributed by atoms with Crippen LogP contribution in [0.4, 0.5) is 0 Å². The second-order valence-corrected chi connectivity index (χ2v) is 8.93. The summed E-state index contributed by atoms with van der Waals surface area (Å²) in [6.07, 6.45) is 5.11. The van der Waals surface area contributed by atoms with E-state index in [4.69, 9.17) is 42.6 Å². The molecule has 0 unspecified atom stereocenters. The summed E-state index contributed by atoms with van der Waals surface area (Å²) in [6.45, 7) is 13.4. The monoisotopic (exact) mass is 536 g/mol. The van der Waals surface area contributed by atoms with Gasteiger partial charge in [-0.3, -0.25) is 0 Å². The lowest BCUT2D eigenvalue weighted by Gasteiger charge is -2.22. The Bertz CT molecular complexity index is 427. The van der Waals surface area contributed by atoms with Gasteiger partial charge in [-0.2, -0.15) is 0 Å². The van der Waals surface area contributed by atoms with E-state index < -0.39 is 0 Å². The van der Waals surface area contributed by atoms with Crippen LogP contribution in [0.1, 0.15) is 25.7 Å². The average Bonchev–Trinajstić information content (AvgIpc) is 2.94. The third kappa shape index (κ3) is 21.1. The number of hydrogen-bond donors (Lipinski definition) is 2. The molecule has 0 aromatic rings. The molecule has 2 N–H and O–H groups in total. The third-order valence-electron chi connectivity index (χ3n) is 5.97. The molecular weight excluding hydrogens is 484 g/mol. The first-order chi connectivity index (χ1) is 18.4. The minimum atomic E-state index is 0.380. The Morgan fingerprint density at radius 2 is 0.541 bits per heavy atom. The van der Waals surface area contributed by atoms with Gasteiger partial charge in [-0.05, 0) is 51.9 Å². The minimum absolute atomic E-state index is 0.380. The summed E-state index contributed by atoms with van der Waals surface area (Å²) in [5.74, 6) is 0. The zero-order valence-electron chi connectivity index (χ0n) is 22.8. The summed E-state index contributed by atoms with van der Waals surface area (Å²) in [5, 5.41) is 6.66. The van der Waals surface area contributed by atoms with E-state index in [1.54, 1.807) is 0 Å². The number of piperidine rings is 2. The Kier molecular flexibility index (Phi) is 22.9. The highest BCUT2D eigenvalue weighted by Gasteiger charge is 2.13. The van der Waals surface area contributed by atoms with E-state index in [0.29, 0.717) is 118 Å². The molecule has 11 heteroatoms. The lowest BCUT2D eigenvalue weighted by Crippen LogP contribution is -2.33. The molecule has 2 fully saturated rings. The van der Waals surface area contributed by atoms with Crippen LogP contribution in [0.5, 0.6) is 0 Å². The Balaban J connectivity index is 1.15. The van der Waals surface area contributed by atoms with Crippen molar-refractivity contribution in [2.24, 2.45) is 0 Å². The number of ether oxygens (including phenoxy) is 9. The van der Waals surface area contributed by atoms with Gasteiger partial charge >= 0.3 is 0 Å². The Hall–Kier alpha value is -0.440. The van der Waals surface area contributed by atoms with Crippen LogP contribution in [0, 0.1) is 0 Å². The van der Waals surface area contributed by atoms with Crippen molar-refractivity contribution in [3.8, 4) is 0 Å². The minimum Gasteiger partial charge on any atom is -0.377 e. The van der Waals surface area contributed by atoms with Gasteiger partial charge in [0.2, 0.25) is 0 Å². The maximum Gasteiger partial charge on any atom is 0.0704 e. The van der Waals surface area contributed by atoms with Crippen LogP contribution in [0.3, 0.4) is 0 Å². The molecule has 0 amide bonds. The van der Waals surface area contributed by atoms with Gasteiger partial charge in [0.05, 0.1) is 118 Å². The SMILES string of the molecule is C1CC(OCCOCCOCCOCCOCCOCCOCCOCCOC2CCNCC2)CCN1. The van der Waals surface area contributed by atoms with E-state index in [9.17, 15) is 0 Å². The van der Waals surface area contributed by atoms with Gasteiger partial charge < -0.3 is 53.3 Å². The fourth-order valence-corrected chi connectivity index (χ4v) is 3.89. The highest BCUT2D eigenvalue weighted by atomic mass is 16.6. The molecule has 0 spiro atoms. The van der Waals surface area contributed by atoms with Crippen molar-refractivity contribution >= 4 is 0 Å². The maximum absolute atomic E-state index is 5.78. The largest absolute Gasteiger partial charge is 0.377 e. The molecule has 0 aliphatic carbocycles. The average molecular weight is 537 g/mol. The van der Waals surface area contributed by atoms with Gasteiger partial charge in [-0.25, -0.2) is 0 Å². The fourth-order valence-electron chi connectivity index (χ4n) is 3.89. The zero-order chi connectivity index (χ0) is 25.9. The topological polar surface area (TPSA) is 107 Å². The van der Waals surface area contributed by atoms with Crippen molar-refractivity contribution in [2.75, 3.05) is 132 Å². The van der Waals surface area contributed by atoms with Gasteiger partial charge in [0.15, 0.2) is 0 Å². The smallest absolute Gasteiger partial charge is 0.0704 e. The summed E-state index contributed by atoms with van der Waals surface area (Å²) in [4.78, 5) is 0. The highest BCUT2D eigenvalue weighted by molar-refractivity contribution is 4.68. The Morgan fingerprint density at radius 1 is 0.324 bits per heavy atom. The molecular formula is C26H52N2O9. The Morgan fingerprint density at radius 3 is 0.784 bits per heavy atom. The first-order valence-corrected chi connectivity index (χ1v) is 14.1. The molecule has 0 saturated carbocycles. The van der Waals surface area contributed by atoms with E-state index in [-0.39, 0.29) is 0 Å². The molecule has 37 heavy (non-hydrogen) atoms. The maximum atomic E-state index is 5.78. The van der Waals surface area contributed by atoms with Gasteiger partial charge in [0.25, 0.3) is 0 Å². The number of nitrogens with one attached hydrogen (secondary N) is 2. The molecule has 2 heterocycles. The number of hydrogen-bond acceptors (Lipinski definition) is 11. The molecule has 220 valence electrons. The van der Waals surface area contributed by atoms with Crippen LogP contribution in [0.15, 0.2) is 0 Å². The van der Waals surface area contributed by atoms with E-state index in [1.165, 1.54) is 0 Å². The lowest BCUT2D eigenvalue weighted by molar-refractivity contribution is -0.0341. The molecule has 0 aromatic carbocycles. The summed E-state index contributed by atoms with van der Waals surface area (Å²) in [6, 6.07) is 0. The lowest BCUT2D eigenvalue weighted by atomic mass is 10.1. The first kappa shape index (κ1) is 32.8. The van der Waals surface area contributed by atoms with Crippen LogP contribution in [-0.2, 0) is 42.6 Å². The number of rotatable bonds is 26. The van der Waals surface area contributed by atoms with Gasteiger partial charge in [-0.15, -0.1) is 0 Å². The van der Waals surface area contributed by atoms with Crippen molar-refractivity contribution in [3.05, 3.63) is 0 Å². The molecule has 0 radical (unpaired) electrons. The van der Waals surface area contributed by atoms with Crippen molar-refractivity contribution < 1.29 is 42.6 Å². The summed E-state index contributed by atoms with van der Waals surface area (Å²) >= 11 is 0. The van der Waals surface area contributed by atoms with Crippen molar-refractivity contribution in [2.45, 2.75) is 37.9 Å². The van der Waals surface area contributed by atoms with Gasteiger partial charge in [-0.1, -0.05) is 0 Å². The predicted octanol–water partition coefficient (Wildman–Crippen LogP) is 0.640. The van der Waals surface area contributed by atoms with Crippen LogP contribution < -0.4 is 10.6 Å². The summed E-state index contributed by atoms with van der Waals surface area (Å²) < 4.78 is 50.0. The van der Waals surface area contributed by atoms with E-state index >= 15 is 0 Å². The second-order valence-electron chi connectivity index (χ2n) is 8.93. The van der Waals surface area contributed by atoms with Gasteiger partial charge in [0.1, 0.15) is 0 Å². The van der Waals surface area contributed by atoms with Crippen molar-refractivity contribution in [1.82, 2.24) is 10.6 Å². The normalized spacial score (nSPS) is 17.5. The predicted molar refractivity (Wildman–Crippen MR) is 139 cm³/mol. The summed E-state index contributed by atoms with van der Waals surface area (Å²) in [7, 11) is 0. The second kappa shape index (κ2) is 25.8. The molecule has 2 saturated heterocycles. The molecule has 0 atom stereocenters. The molecule has 2 aliphatic heterocycles. The van der Waals surface area contributed by atoms with E-state index in [2.05, 4.69) is 10.6 Å². The van der Waals surface area contributed by atoms with Crippen molar-refractivity contribution in [3.63, 3.8) is 0 Å².